The van der Waals surface area contributed by atoms with Gasteiger partial charge in [0.2, 0.25) is 0 Å². The molecule has 2 N–H and O–H groups in total. The van der Waals surface area contributed by atoms with Gasteiger partial charge in [-0.3, -0.25) is 19.6 Å². The van der Waals surface area contributed by atoms with Crippen LogP contribution in [-0.4, -0.2) is 59.6 Å². The highest BCUT2D eigenvalue weighted by atomic mass is 32.2. The molecule has 2 aliphatic rings. The lowest BCUT2D eigenvalue weighted by atomic mass is 9.88. The fourth-order valence-corrected chi connectivity index (χ4v) is 4.45. The molecule has 0 aromatic heterocycles. The molecule has 0 saturated heterocycles. The molecule has 7 nitrogen and oxygen atoms in total. The second-order valence-corrected chi connectivity index (χ2v) is 8.55. The van der Waals surface area contributed by atoms with Crippen molar-refractivity contribution < 1.29 is 14.3 Å². The third-order valence-electron chi connectivity index (χ3n) is 5.11. The molecular formula is C22H28N4O3S. The van der Waals surface area contributed by atoms with Crippen molar-refractivity contribution in [1.29, 1.82) is 0 Å². The molecule has 1 atom stereocenters. The van der Waals surface area contributed by atoms with Gasteiger partial charge in [0.05, 0.1) is 24.4 Å². The van der Waals surface area contributed by atoms with Gasteiger partial charge < -0.3 is 15.4 Å². The third kappa shape index (κ3) is 5.50. The van der Waals surface area contributed by atoms with Crippen LogP contribution in [0.15, 0.2) is 46.4 Å². The fraction of sp³-hybridized carbons (Fsp3) is 0.455. The van der Waals surface area contributed by atoms with Crippen LogP contribution in [0.3, 0.4) is 0 Å². The van der Waals surface area contributed by atoms with E-state index in [4.69, 9.17) is 10.5 Å². The van der Waals surface area contributed by atoms with E-state index in [9.17, 15) is 9.59 Å². The van der Waals surface area contributed by atoms with Crippen LogP contribution < -0.4 is 5.73 Å². The second kappa shape index (κ2) is 9.93. The van der Waals surface area contributed by atoms with E-state index in [1.807, 2.05) is 37.3 Å². The van der Waals surface area contributed by atoms with Crippen LogP contribution in [0.1, 0.15) is 42.6 Å². The van der Waals surface area contributed by atoms with E-state index in [0.29, 0.717) is 17.3 Å². The molecule has 0 radical (unpaired) electrons. The topological polar surface area (TPSA) is 97.3 Å². The van der Waals surface area contributed by atoms with Crippen LogP contribution in [0, 0.1) is 0 Å². The van der Waals surface area contributed by atoms with Crippen molar-refractivity contribution in [2.24, 2.45) is 15.7 Å². The molecule has 2 aliphatic heterocycles. The molecule has 1 aromatic rings. The Balaban J connectivity index is 1.86. The van der Waals surface area contributed by atoms with Gasteiger partial charge in [-0.15, -0.1) is 0 Å². The SMILES string of the molecule is CCOC(=O)CN(CC1=NCCC=C1)C(=O)c1cccc(C2(C)CCSC(N)=N2)c1. The zero-order valence-corrected chi connectivity index (χ0v) is 18.3. The molecule has 0 bridgehead atoms. The van der Waals surface area contributed by atoms with Gasteiger partial charge in [-0.2, -0.15) is 0 Å². The Hall–Kier alpha value is -2.61. The quantitative estimate of drug-likeness (QED) is 0.674. The Kier molecular flexibility index (Phi) is 7.31. The molecule has 1 aromatic carbocycles. The summed E-state index contributed by atoms with van der Waals surface area (Å²) in [7, 11) is 0. The number of hydrogen-bond donors (Lipinski definition) is 1. The monoisotopic (exact) mass is 428 g/mol. The van der Waals surface area contributed by atoms with E-state index in [1.54, 1.807) is 24.8 Å². The Bertz CT molecular complexity index is 896. The van der Waals surface area contributed by atoms with Crippen molar-refractivity contribution in [2.75, 3.05) is 32.0 Å². The number of hydrogen-bond acceptors (Lipinski definition) is 7. The Labute approximate surface area is 181 Å². The average Bonchev–Trinajstić information content (AvgIpc) is 2.74. The summed E-state index contributed by atoms with van der Waals surface area (Å²) in [6.45, 7) is 4.88. The van der Waals surface area contributed by atoms with Crippen LogP contribution in [0.2, 0.25) is 0 Å². The lowest BCUT2D eigenvalue weighted by Crippen LogP contribution is -2.40. The standard InChI is InChI=1S/C22H28N4O3S/c1-3-29-19(27)15-26(14-18-9-4-5-11-24-18)20(28)16-7-6-8-17(13-16)22(2)10-12-30-21(23)25-22/h4,6-9,13H,3,5,10-12,14-15H2,1-2H3,(H2,23,25). The minimum Gasteiger partial charge on any atom is -0.465 e. The number of nitrogens with zero attached hydrogens (tertiary/aromatic N) is 3. The minimum absolute atomic E-state index is 0.122. The van der Waals surface area contributed by atoms with Gasteiger partial charge in [-0.1, -0.05) is 30.0 Å². The molecule has 3 rings (SSSR count). The number of amidine groups is 1. The molecule has 0 fully saturated rings. The van der Waals surface area contributed by atoms with Gasteiger partial charge in [0.1, 0.15) is 6.54 Å². The number of thioether (sulfide) groups is 1. The molecule has 30 heavy (non-hydrogen) atoms. The van der Waals surface area contributed by atoms with Crippen molar-refractivity contribution in [3.63, 3.8) is 0 Å². The number of nitrogens with two attached hydrogens (primary N) is 1. The Morgan fingerprint density at radius 1 is 1.37 bits per heavy atom. The number of dihydropyridines is 1. The predicted octanol–water partition coefficient (Wildman–Crippen LogP) is 2.76. The molecule has 8 heteroatoms. The smallest absolute Gasteiger partial charge is 0.325 e. The molecule has 1 amide bonds. The van der Waals surface area contributed by atoms with Gasteiger partial charge >= 0.3 is 5.97 Å². The van der Waals surface area contributed by atoms with E-state index >= 15 is 0 Å². The van der Waals surface area contributed by atoms with Crippen LogP contribution in [-0.2, 0) is 15.1 Å². The zero-order chi connectivity index (χ0) is 21.6. The maximum Gasteiger partial charge on any atom is 0.325 e. The van der Waals surface area contributed by atoms with Gasteiger partial charge in [0.15, 0.2) is 5.17 Å². The summed E-state index contributed by atoms with van der Waals surface area (Å²) in [4.78, 5) is 36.0. The summed E-state index contributed by atoms with van der Waals surface area (Å²) in [5, 5.41) is 0.562. The molecule has 0 saturated carbocycles. The number of rotatable bonds is 7. The summed E-state index contributed by atoms with van der Waals surface area (Å²) in [5.74, 6) is 0.207. The number of carbonyl (C=O) groups excluding carboxylic acids is 2. The first-order valence-corrected chi connectivity index (χ1v) is 11.1. The number of ether oxygens (including phenoxy) is 1. The second-order valence-electron chi connectivity index (χ2n) is 7.43. The van der Waals surface area contributed by atoms with Crippen LogP contribution in [0.25, 0.3) is 0 Å². The first-order valence-electron chi connectivity index (χ1n) is 10.1. The summed E-state index contributed by atoms with van der Waals surface area (Å²) in [5.41, 5.74) is 7.70. The van der Waals surface area contributed by atoms with Gasteiger partial charge in [0, 0.05) is 17.9 Å². The first-order chi connectivity index (χ1) is 14.4. The number of aliphatic imine (C=N–C) groups is 2. The van der Waals surface area contributed by atoms with Crippen molar-refractivity contribution >= 4 is 34.5 Å². The largest absolute Gasteiger partial charge is 0.465 e. The summed E-state index contributed by atoms with van der Waals surface area (Å²) >= 11 is 1.54. The Morgan fingerprint density at radius 2 is 2.20 bits per heavy atom. The predicted molar refractivity (Wildman–Crippen MR) is 121 cm³/mol. The summed E-state index contributed by atoms with van der Waals surface area (Å²) < 4.78 is 5.07. The fourth-order valence-electron chi connectivity index (χ4n) is 3.48. The highest BCUT2D eigenvalue weighted by Gasteiger charge is 2.30. The molecule has 0 aliphatic carbocycles. The van der Waals surface area contributed by atoms with Gasteiger partial charge in [0.25, 0.3) is 5.91 Å². The lowest BCUT2D eigenvalue weighted by Gasteiger charge is -2.30. The van der Waals surface area contributed by atoms with Crippen LogP contribution in [0.5, 0.6) is 0 Å². The van der Waals surface area contributed by atoms with Crippen molar-refractivity contribution in [3.8, 4) is 0 Å². The van der Waals surface area contributed by atoms with Gasteiger partial charge in [-0.25, -0.2) is 0 Å². The van der Waals surface area contributed by atoms with Crippen molar-refractivity contribution in [2.45, 2.75) is 32.2 Å². The highest BCUT2D eigenvalue weighted by Crippen LogP contribution is 2.35. The van der Waals surface area contributed by atoms with Crippen LogP contribution >= 0.6 is 11.8 Å². The van der Waals surface area contributed by atoms with Crippen molar-refractivity contribution in [1.82, 2.24) is 4.90 Å². The molecule has 160 valence electrons. The summed E-state index contributed by atoms with van der Waals surface area (Å²) in [6.07, 6.45) is 5.66. The maximum atomic E-state index is 13.3. The number of amides is 1. The molecule has 0 spiro atoms. The first kappa shape index (κ1) is 22.1. The highest BCUT2D eigenvalue weighted by molar-refractivity contribution is 8.13. The minimum atomic E-state index is -0.464. The van der Waals surface area contributed by atoms with Crippen LogP contribution in [0.4, 0.5) is 0 Å². The number of benzene rings is 1. The molecular weight excluding hydrogens is 400 g/mol. The molecule has 2 heterocycles. The van der Waals surface area contributed by atoms with Gasteiger partial charge in [-0.05, 0) is 50.5 Å². The third-order valence-corrected chi connectivity index (χ3v) is 5.91. The summed E-state index contributed by atoms with van der Waals surface area (Å²) in [6, 6.07) is 7.43. The lowest BCUT2D eigenvalue weighted by molar-refractivity contribution is -0.143. The van der Waals surface area contributed by atoms with E-state index < -0.39 is 11.5 Å². The average molecular weight is 429 g/mol. The normalized spacial score (nSPS) is 20.9. The van der Waals surface area contributed by atoms with E-state index in [2.05, 4.69) is 9.98 Å². The molecule has 1 unspecified atom stereocenters. The van der Waals surface area contributed by atoms with E-state index in [0.717, 1.165) is 29.9 Å². The maximum absolute atomic E-state index is 13.3. The number of carbonyl (C=O) groups is 2. The van der Waals surface area contributed by atoms with E-state index in [-0.39, 0.29) is 25.6 Å². The number of esters is 1. The Morgan fingerprint density at radius 3 is 2.90 bits per heavy atom. The van der Waals surface area contributed by atoms with Crippen molar-refractivity contribution in [3.05, 3.63) is 47.5 Å². The zero-order valence-electron chi connectivity index (χ0n) is 17.5. The van der Waals surface area contributed by atoms with E-state index in [1.165, 1.54) is 4.90 Å².